The van der Waals surface area contributed by atoms with Gasteiger partial charge in [-0.15, -0.1) is 0 Å². The molecule has 0 radical (unpaired) electrons. The van der Waals surface area contributed by atoms with E-state index in [1.807, 2.05) is 0 Å². The van der Waals surface area contributed by atoms with E-state index in [1.54, 1.807) is 37.6 Å². The molecule has 0 aliphatic rings. The Labute approximate surface area is 101 Å². The Morgan fingerprint density at radius 3 is 2.88 bits per heavy atom. The maximum absolute atomic E-state index is 11.6. The summed E-state index contributed by atoms with van der Waals surface area (Å²) in [5.74, 6) is -0.358. The molecule has 90 valence electrons. The predicted molar refractivity (Wildman–Crippen MR) is 66.6 cm³/mol. The van der Waals surface area contributed by atoms with E-state index in [4.69, 9.17) is 4.74 Å². The van der Waals surface area contributed by atoms with Gasteiger partial charge in [-0.1, -0.05) is 0 Å². The van der Waals surface area contributed by atoms with Gasteiger partial charge >= 0.3 is 5.97 Å². The second kappa shape index (κ2) is 4.71. The van der Waals surface area contributed by atoms with Crippen LogP contribution in [0.5, 0.6) is 0 Å². The van der Waals surface area contributed by atoms with Gasteiger partial charge in [0.1, 0.15) is 0 Å². The molecular weight excluding hydrogens is 238 g/mol. The fraction of sp³-hybridized carbons (Fsp3) is 0.250. The average Bonchev–Trinajstić information content (AvgIpc) is 2.71. The van der Waals surface area contributed by atoms with Gasteiger partial charge in [-0.3, -0.25) is 4.21 Å². The number of benzene rings is 1. The van der Waals surface area contributed by atoms with Crippen molar-refractivity contribution in [2.75, 3.05) is 12.9 Å². The van der Waals surface area contributed by atoms with E-state index < -0.39 is 10.8 Å². The summed E-state index contributed by atoms with van der Waals surface area (Å²) in [5.41, 5.74) is 1.34. The summed E-state index contributed by atoms with van der Waals surface area (Å²) in [6.45, 7) is 2.11. The fourth-order valence-corrected chi connectivity index (χ4v) is 2.38. The second-order valence-electron chi connectivity index (χ2n) is 3.59. The van der Waals surface area contributed by atoms with Gasteiger partial charge in [0.25, 0.3) is 0 Å². The van der Waals surface area contributed by atoms with Crippen molar-refractivity contribution in [2.45, 2.75) is 11.8 Å². The number of H-pyrrole nitrogens is 1. The molecule has 1 aromatic carbocycles. The van der Waals surface area contributed by atoms with E-state index in [9.17, 15) is 9.00 Å². The summed E-state index contributed by atoms with van der Waals surface area (Å²) in [5, 5.41) is 0.802. The van der Waals surface area contributed by atoms with Crippen LogP contribution in [0.3, 0.4) is 0 Å². The third kappa shape index (κ3) is 2.24. The van der Waals surface area contributed by atoms with Crippen LogP contribution in [0.15, 0.2) is 29.3 Å². The van der Waals surface area contributed by atoms with Gasteiger partial charge in [0, 0.05) is 23.4 Å². The summed E-state index contributed by atoms with van der Waals surface area (Å²) < 4.78 is 16.4. The first-order valence-corrected chi connectivity index (χ1v) is 6.81. The third-order valence-corrected chi connectivity index (χ3v) is 3.42. The number of hydrogen-bond acceptors (Lipinski definition) is 3. The van der Waals surface area contributed by atoms with Gasteiger partial charge in [0.05, 0.1) is 27.9 Å². The summed E-state index contributed by atoms with van der Waals surface area (Å²) in [6.07, 6.45) is 3.31. The predicted octanol–water partition coefficient (Wildman–Crippen LogP) is 2.08. The molecule has 0 aliphatic carbocycles. The molecule has 0 saturated heterocycles. The molecule has 4 nitrogen and oxygen atoms in total. The Balaban J connectivity index is 2.51. The molecule has 5 heteroatoms. The topological polar surface area (TPSA) is 59.2 Å². The van der Waals surface area contributed by atoms with Crippen LogP contribution in [0.4, 0.5) is 0 Å². The molecule has 17 heavy (non-hydrogen) atoms. The number of fused-ring (bicyclic) bond motifs is 1. The lowest BCUT2D eigenvalue weighted by atomic mass is 10.1. The molecule has 0 spiro atoms. The van der Waals surface area contributed by atoms with Gasteiger partial charge in [0.2, 0.25) is 0 Å². The number of aromatic nitrogens is 1. The van der Waals surface area contributed by atoms with Gasteiger partial charge in [-0.25, -0.2) is 4.79 Å². The Hall–Kier alpha value is -1.62. The van der Waals surface area contributed by atoms with E-state index in [0.29, 0.717) is 17.1 Å². The third-order valence-electron chi connectivity index (χ3n) is 2.46. The highest BCUT2D eigenvalue weighted by Crippen LogP contribution is 2.22. The number of esters is 1. The number of nitrogens with one attached hydrogen (secondary N) is 1. The summed E-state index contributed by atoms with van der Waals surface area (Å²) >= 11 is 0. The van der Waals surface area contributed by atoms with E-state index >= 15 is 0 Å². The Bertz CT molecular complexity index is 588. The van der Waals surface area contributed by atoms with Crippen LogP contribution in [0.2, 0.25) is 0 Å². The number of rotatable bonds is 3. The zero-order valence-electron chi connectivity index (χ0n) is 9.65. The van der Waals surface area contributed by atoms with Gasteiger partial charge in [-0.05, 0) is 25.1 Å². The molecule has 1 aromatic heterocycles. The van der Waals surface area contributed by atoms with Crippen molar-refractivity contribution in [3.05, 3.63) is 30.0 Å². The quantitative estimate of drug-likeness (QED) is 0.850. The highest BCUT2D eigenvalue weighted by atomic mass is 32.2. The van der Waals surface area contributed by atoms with E-state index in [-0.39, 0.29) is 5.97 Å². The maximum atomic E-state index is 11.6. The molecule has 1 atom stereocenters. The molecule has 1 heterocycles. The lowest BCUT2D eigenvalue weighted by molar-refractivity contribution is 0.0526. The van der Waals surface area contributed by atoms with Crippen LogP contribution < -0.4 is 0 Å². The standard InChI is InChI=1S/C12H13NO3S/c1-3-16-12(14)8-4-5-10-9(6-8)11(7-13-10)17(2)15/h4-7,13H,3H2,1-2H3. The number of hydrogen-bond donors (Lipinski definition) is 1. The molecule has 0 amide bonds. The van der Waals surface area contributed by atoms with Crippen LogP contribution in [0.25, 0.3) is 10.9 Å². The number of carbonyl (C=O) groups is 1. The Morgan fingerprint density at radius 1 is 1.47 bits per heavy atom. The largest absolute Gasteiger partial charge is 0.462 e. The SMILES string of the molecule is CCOC(=O)c1ccc2[nH]cc(S(C)=O)c2c1. The van der Waals surface area contributed by atoms with Crippen LogP contribution in [0, 0.1) is 0 Å². The first-order chi connectivity index (χ1) is 8.13. The minimum absolute atomic E-state index is 0.344. The maximum Gasteiger partial charge on any atom is 0.338 e. The molecule has 0 saturated carbocycles. The fourth-order valence-electron chi connectivity index (χ4n) is 1.67. The summed E-state index contributed by atoms with van der Waals surface area (Å²) in [4.78, 5) is 15.3. The summed E-state index contributed by atoms with van der Waals surface area (Å²) in [7, 11) is -1.08. The first-order valence-electron chi connectivity index (χ1n) is 5.25. The lowest BCUT2D eigenvalue weighted by Gasteiger charge is -2.02. The normalized spacial score (nSPS) is 12.6. The first kappa shape index (κ1) is 11.9. The minimum atomic E-state index is -1.08. The van der Waals surface area contributed by atoms with Crippen molar-refractivity contribution in [2.24, 2.45) is 0 Å². The highest BCUT2D eigenvalue weighted by Gasteiger charge is 2.11. The van der Waals surface area contributed by atoms with Crippen molar-refractivity contribution in [3.63, 3.8) is 0 Å². The molecule has 1 N–H and O–H groups in total. The molecule has 2 rings (SSSR count). The minimum Gasteiger partial charge on any atom is -0.462 e. The van der Waals surface area contributed by atoms with Crippen LogP contribution >= 0.6 is 0 Å². The number of aromatic amines is 1. The highest BCUT2D eigenvalue weighted by molar-refractivity contribution is 7.84. The molecular formula is C12H13NO3S. The average molecular weight is 251 g/mol. The number of ether oxygens (including phenoxy) is 1. The van der Waals surface area contributed by atoms with Crippen molar-refractivity contribution in [1.82, 2.24) is 4.98 Å². The molecule has 0 fully saturated rings. The Kier molecular flexibility index (Phi) is 3.28. The van der Waals surface area contributed by atoms with Crippen LogP contribution in [0.1, 0.15) is 17.3 Å². The van der Waals surface area contributed by atoms with Crippen molar-refractivity contribution in [1.29, 1.82) is 0 Å². The zero-order valence-corrected chi connectivity index (χ0v) is 10.5. The van der Waals surface area contributed by atoms with E-state index in [2.05, 4.69) is 4.98 Å². The Morgan fingerprint density at radius 2 is 2.24 bits per heavy atom. The molecule has 0 aliphatic heterocycles. The van der Waals surface area contributed by atoms with Gasteiger partial charge in [-0.2, -0.15) is 0 Å². The van der Waals surface area contributed by atoms with Gasteiger partial charge < -0.3 is 9.72 Å². The molecule has 0 bridgehead atoms. The smallest absolute Gasteiger partial charge is 0.338 e. The zero-order chi connectivity index (χ0) is 12.4. The number of carbonyl (C=O) groups excluding carboxylic acids is 1. The molecule has 1 unspecified atom stereocenters. The van der Waals surface area contributed by atoms with Crippen molar-refractivity contribution >= 4 is 27.7 Å². The van der Waals surface area contributed by atoms with E-state index in [1.165, 1.54) is 0 Å². The van der Waals surface area contributed by atoms with Crippen LogP contribution in [-0.4, -0.2) is 28.0 Å². The van der Waals surface area contributed by atoms with Crippen molar-refractivity contribution < 1.29 is 13.7 Å². The van der Waals surface area contributed by atoms with Crippen molar-refractivity contribution in [3.8, 4) is 0 Å². The van der Waals surface area contributed by atoms with Gasteiger partial charge in [0.15, 0.2) is 0 Å². The van der Waals surface area contributed by atoms with E-state index in [0.717, 1.165) is 10.9 Å². The second-order valence-corrected chi connectivity index (χ2v) is 4.94. The lowest BCUT2D eigenvalue weighted by Crippen LogP contribution is -2.04. The molecule has 2 aromatic rings. The summed E-state index contributed by atoms with van der Waals surface area (Å²) in [6, 6.07) is 5.19. The van der Waals surface area contributed by atoms with Crippen LogP contribution in [-0.2, 0) is 15.5 Å². The monoisotopic (exact) mass is 251 g/mol.